The Morgan fingerprint density at radius 2 is 1.62 bits per heavy atom. The molecule has 2 amide bonds. The minimum absolute atomic E-state index is 0.0156. The van der Waals surface area contributed by atoms with Crippen LogP contribution in [0.5, 0.6) is 0 Å². The lowest BCUT2D eigenvalue weighted by molar-refractivity contribution is -0.132. The summed E-state index contributed by atoms with van der Waals surface area (Å²) < 4.78 is 0. The van der Waals surface area contributed by atoms with Crippen LogP contribution in [0.4, 0.5) is 5.69 Å². The Hall–Kier alpha value is -2.44. The highest BCUT2D eigenvalue weighted by molar-refractivity contribution is 5.97. The Labute approximate surface area is 172 Å². The van der Waals surface area contributed by atoms with E-state index in [0.29, 0.717) is 6.54 Å². The normalized spacial score (nSPS) is 19.4. The number of likely N-dealkylation sites (tertiary alicyclic amines) is 1. The largest absolute Gasteiger partial charge is 0.342 e. The van der Waals surface area contributed by atoms with E-state index in [2.05, 4.69) is 27.2 Å². The van der Waals surface area contributed by atoms with Crippen LogP contribution in [0.3, 0.4) is 0 Å². The van der Waals surface area contributed by atoms with Crippen molar-refractivity contribution in [1.29, 1.82) is 0 Å². The molecule has 154 valence electrons. The molecule has 0 unspecified atom stereocenters. The number of carbonyl (C=O) groups excluding carboxylic acids is 2. The van der Waals surface area contributed by atoms with Crippen LogP contribution in [-0.4, -0.2) is 78.4 Å². The molecule has 1 N–H and O–H groups in total. The summed E-state index contributed by atoms with van der Waals surface area (Å²) >= 11 is 0. The van der Waals surface area contributed by atoms with Crippen LogP contribution in [0, 0.1) is 0 Å². The fourth-order valence-electron chi connectivity index (χ4n) is 4.25. The molecular weight excluding hydrogens is 364 g/mol. The molecular formula is C23H30N4O2. The van der Waals surface area contributed by atoms with Gasteiger partial charge in [0.25, 0.3) is 0 Å². The van der Waals surface area contributed by atoms with Crippen LogP contribution in [0.1, 0.15) is 19.8 Å². The van der Waals surface area contributed by atoms with Crippen molar-refractivity contribution in [2.24, 2.45) is 0 Å². The first-order chi connectivity index (χ1) is 14.1. The maximum Gasteiger partial charge on any atom is 0.241 e. The summed E-state index contributed by atoms with van der Waals surface area (Å²) in [6, 6.07) is 13.9. The predicted molar refractivity (Wildman–Crippen MR) is 116 cm³/mol. The molecule has 2 aromatic rings. The topological polar surface area (TPSA) is 55.9 Å². The molecule has 29 heavy (non-hydrogen) atoms. The molecule has 2 aliphatic heterocycles. The Balaban J connectivity index is 1.27. The SMILES string of the molecule is C[C@@H](C(=O)Nc1ccc2ccccc2c1)N1CCN(CC(=O)N2CCCC2)CC1. The summed E-state index contributed by atoms with van der Waals surface area (Å²) in [5.74, 6) is 0.264. The van der Waals surface area contributed by atoms with Crippen molar-refractivity contribution in [3.8, 4) is 0 Å². The van der Waals surface area contributed by atoms with E-state index in [9.17, 15) is 9.59 Å². The number of benzene rings is 2. The molecule has 6 heteroatoms. The zero-order chi connectivity index (χ0) is 20.2. The van der Waals surface area contributed by atoms with Crippen molar-refractivity contribution < 1.29 is 9.59 Å². The van der Waals surface area contributed by atoms with Gasteiger partial charge in [-0.25, -0.2) is 0 Å². The van der Waals surface area contributed by atoms with E-state index in [1.807, 2.05) is 42.2 Å². The molecule has 0 saturated carbocycles. The smallest absolute Gasteiger partial charge is 0.241 e. The first-order valence-electron chi connectivity index (χ1n) is 10.6. The zero-order valence-corrected chi connectivity index (χ0v) is 17.1. The summed E-state index contributed by atoms with van der Waals surface area (Å²) in [6.45, 7) is 7.54. The molecule has 0 spiro atoms. The third kappa shape index (κ3) is 4.77. The van der Waals surface area contributed by atoms with Crippen LogP contribution in [-0.2, 0) is 9.59 Å². The molecule has 6 nitrogen and oxygen atoms in total. The van der Waals surface area contributed by atoms with Gasteiger partial charge in [0.15, 0.2) is 0 Å². The van der Waals surface area contributed by atoms with Gasteiger partial charge in [-0.05, 0) is 42.7 Å². The quantitative estimate of drug-likeness (QED) is 0.846. The van der Waals surface area contributed by atoms with Gasteiger partial charge in [0.2, 0.25) is 11.8 Å². The summed E-state index contributed by atoms with van der Waals surface area (Å²) in [6.07, 6.45) is 2.26. The van der Waals surface area contributed by atoms with Gasteiger partial charge in [-0.2, -0.15) is 0 Å². The van der Waals surface area contributed by atoms with Gasteiger partial charge in [-0.1, -0.05) is 30.3 Å². The molecule has 0 aromatic heterocycles. The minimum Gasteiger partial charge on any atom is -0.342 e. The van der Waals surface area contributed by atoms with Crippen molar-refractivity contribution >= 4 is 28.3 Å². The first-order valence-corrected chi connectivity index (χ1v) is 10.6. The van der Waals surface area contributed by atoms with E-state index in [1.165, 1.54) is 0 Å². The second-order valence-electron chi connectivity index (χ2n) is 8.13. The van der Waals surface area contributed by atoms with Crippen LogP contribution >= 0.6 is 0 Å². The third-order valence-corrected chi connectivity index (χ3v) is 6.17. The van der Waals surface area contributed by atoms with Gasteiger partial charge >= 0.3 is 0 Å². The predicted octanol–water partition coefficient (Wildman–Crippen LogP) is 2.41. The van der Waals surface area contributed by atoms with E-state index < -0.39 is 0 Å². The average molecular weight is 395 g/mol. The molecule has 2 fully saturated rings. The fraction of sp³-hybridized carbons (Fsp3) is 0.478. The van der Waals surface area contributed by atoms with E-state index in [4.69, 9.17) is 0 Å². The Morgan fingerprint density at radius 3 is 2.34 bits per heavy atom. The van der Waals surface area contributed by atoms with Crippen molar-refractivity contribution in [2.45, 2.75) is 25.8 Å². The molecule has 2 aliphatic rings. The number of hydrogen-bond acceptors (Lipinski definition) is 4. The minimum atomic E-state index is -0.196. The zero-order valence-electron chi connectivity index (χ0n) is 17.1. The third-order valence-electron chi connectivity index (χ3n) is 6.17. The number of nitrogens with one attached hydrogen (secondary N) is 1. The molecule has 0 bridgehead atoms. The maximum atomic E-state index is 12.8. The fourth-order valence-corrected chi connectivity index (χ4v) is 4.25. The van der Waals surface area contributed by atoms with Gasteiger partial charge in [0, 0.05) is 45.0 Å². The second kappa shape index (κ2) is 8.93. The molecule has 2 heterocycles. The summed E-state index contributed by atoms with van der Waals surface area (Å²) in [5, 5.41) is 5.34. The number of piperazine rings is 1. The lowest BCUT2D eigenvalue weighted by atomic mass is 10.1. The van der Waals surface area contributed by atoms with Gasteiger partial charge in [0.05, 0.1) is 12.6 Å². The average Bonchev–Trinajstić information content (AvgIpc) is 3.29. The van der Waals surface area contributed by atoms with E-state index in [-0.39, 0.29) is 17.9 Å². The molecule has 2 saturated heterocycles. The lowest BCUT2D eigenvalue weighted by Crippen LogP contribution is -2.54. The number of rotatable bonds is 5. The van der Waals surface area contributed by atoms with Crippen molar-refractivity contribution in [3.63, 3.8) is 0 Å². The van der Waals surface area contributed by atoms with E-state index in [1.54, 1.807) is 0 Å². The van der Waals surface area contributed by atoms with Crippen LogP contribution in [0.25, 0.3) is 10.8 Å². The number of nitrogens with zero attached hydrogens (tertiary/aromatic N) is 3. The van der Waals surface area contributed by atoms with Crippen molar-refractivity contribution in [2.75, 3.05) is 51.1 Å². The highest BCUT2D eigenvalue weighted by atomic mass is 16.2. The summed E-state index contributed by atoms with van der Waals surface area (Å²) in [5.41, 5.74) is 0.829. The molecule has 2 aromatic carbocycles. The van der Waals surface area contributed by atoms with Gasteiger partial charge in [-0.15, -0.1) is 0 Å². The molecule has 4 rings (SSSR count). The van der Waals surface area contributed by atoms with Gasteiger partial charge in [0.1, 0.15) is 0 Å². The lowest BCUT2D eigenvalue weighted by Gasteiger charge is -2.37. The Bertz CT molecular complexity index is 870. The van der Waals surface area contributed by atoms with Crippen molar-refractivity contribution in [1.82, 2.24) is 14.7 Å². The first kappa shape index (κ1) is 19.9. The highest BCUT2D eigenvalue weighted by Gasteiger charge is 2.27. The monoisotopic (exact) mass is 394 g/mol. The number of fused-ring (bicyclic) bond motifs is 1. The Kier molecular flexibility index (Phi) is 6.11. The summed E-state index contributed by atoms with van der Waals surface area (Å²) in [7, 11) is 0. The summed E-state index contributed by atoms with van der Waals surface area (Å²) in [4.78, 5) is 31.5. The number of hydrogen-bond donors (Lipinski definition) is 1. The number of amides is 2. The van der Waals surface area contributed by atoms with Gasteiger partial charge in [-0.3, -0.25) is 19.4 Å². The molecule has 0 aliphatic carbocycles. The molecule has 1 atom stereocenters. The second-order valence-corrected chi connectivity index (χ2v) is 8.13. The van der Waals surface area contributed by atoms with Gasteiger partial charge < -0.3 is 10.2 Å². The number of anilines is 1. The Morgan fingerprint density at radius 1 is 0.931 bits per heavy atom. The standard InChI is InChI=1S/C23H30N4O2/c1-18(23(29)24-21-9-8-19-6-2-3-7-20(19)16-21)26-14-12-25(13-15-26)17-22(28)27-10-4-5-11-27/h2-3,6-9,16,18H,4-5,10-15,17H2,1H3,(H,24,29)/t18-/m0/s1. The highest BCUT2D eigenvalue weighted by Crippen LogP contribution is 2.19. The van der Waals surface area contributed by atoms with Crippen molar-refractivity contribution in [3.05, 3.63) is 42.5 Å². The maximum absolute atomic E-state index is 12.8. The van der Waals surface area contributed by atoms with Crippen LogP contribution in [0.15, 0.2) is 42.5 Å². The molecule has 0 radical (unpaired) electrons. The number of carbonyl (C=O) groups is 2. The van der Waals surface area contributed by atoms with Crippen LogP contribution < -0.4 is 5.32 Å². The van der Waals surface area contributed by atoms with E-state index in [0.717, 1.165) is 68.6 Å². The van der Waals surface area contributed by atoms with Crippen LogP contribution in [0.2, 0.25) is 0 Å². The van der Waals surface area contributed by atoms with E-state index >= 15 is 0 Å².